The molecule has 0 aromatic heterocycles. The Labute approximate surface area is 107 Å². The summed E-state index contributed by atoms with van der Waals surface area (Å²) in [4.78, 5) is 11.6. The molecule has 1 aliphatic carbocycles. The predicted molar refractivity (Wildman–Crippen MR) is 67.4 cm³/mol. The van der Waals surface area contributed by atoms with Crippen molar-refractivity contribution in [3.05, 3.63) is 30.3 Å². The number of benzene rings is 1. The van der Waals surface area contributed by atoms with E-state index in [0.29, 0.717) is 5.92 Å². The van der Waals surface area contributed by atoms with E-state index in [9.17, 15) is 13.2 Å². The van der Waals surface area contributed by atoms with Gasteiger partial charge in [-0.05, 0) is 37.4 Å². The summed E-state index contributed by atoms with van der Waals surface area (Å²) in [7, 11) is -3.73. The highest BCUT2D eigenvalue weighted by Gasteiger charge is 2.21. The van der Waals surface area contributed by atoms with E-state index in [1.54, 1.807) is 18.2 Å². The van der Waals surface area contributed by atoms with E-state index in [0.717, 1.165) is 6.54 Å². The van der Waals surface area contributed by atoms with Crippen LogP contribution in [0.4, 0.5) is 0 Å². The van der Waals surface area contributed by atoms with Crippen LogP contribution in [0.5, 0.6) is 0 Å². The van der Waals surface area contributed by atoms with Gasteiger partial charge in [0.15, 0.2) is 0 Å². The van der Waals surface area contributed by atoms with E-state index in [-0.39, 0.29) is 11.4 Å². The van der Waals surface area contributed by atoms with Crippen LogP contribution >= 0.6 is 0 Å². The molecule has 0 atom stereocenters. The van der Waals surface area contributed by atoms with Crippen LogP contribution in [0, 0.1) is 5.92 Å². The van der Waals surface area contributed by atoms with Crippen molar-refractivity contribution in [2.45, 2.75) is 17.7 Å². The molecule has 5 nitrogen and oxygen atoms in total. The Kier molecular flexibility index (Phi) is 3.98. The quantitative estimate of drug-likeness (QED) is 0.787. The fourth-order valence-corrected chi connectivity index (χ4v) is 2.56. The van der Waals surface area contributed by atoms with Gasteiger partial charge in [0, 0.05) is 0 Å². The maximum absolute atomic E-state index is 11.8. The first-order chi connectivity index (χ1) is 8.58. The third-order valence-corrected chi connectivity index (χ3v) is 4.11. The summed E-state index contributed by atoms with van der Waals surface area (Å²) in [5, 5.41) is 2.94. The molecule has 0 radical (unpaired) electrons. The number of nitrogens with one attached hydrogen (secondary N) is 2. The summed E-state index contributed by atoms with van der Waals surface area (Å²) in [5.41, 5.74) is 0. The van der Waals surface area contributed by atoms with Gasteiger partial charge in [-0.3, -0.25) is 4.79 Å². The summed E-state index contributed by atoms with van der Waals surface area (Å²) in [6.45, 7) is 0.807. The first-order valence-corrected chi connectivity index (χ1v) is 7.37. The highest BCUT2D eigenvalue weighted by atomic mass is 32.2. The lowest BCUT2D eigenvalue weighted by atomic mass is 10.4. The number of carbonyl (C=O) groups is 1. The molecule has 1 aliphatic rings. The number of rotatable bonds is 6. The molecule has 6 heteroatoms. The summed E-state index contributed by atoms with van der Waals surface area (Å²) in [6.07, 6.45) is 2.38. The number of sulfonamides is 1. The zero-order chi connectivity index (χ0) is 13.0. The second kappa shape index (κ2) is 5.49. The highest BCUT2D eigenvalue weighted by Crippen LogP contribution is 2.27. The lowest BCUT2D eigenvalue weighted by Crippen LogP contribution is -2.38. The summed E-state index contributed by atoms with van der Waals surface area (Å²) >= 11 is 0. The van der Waals surface area contributed by atoms with Crippen molar-refractivity contribution < 1.29 is 13.2 Å². The van der Waals surface area contributed by atoms with Crippen LogP contribution in [0.25, 0.3) is 0 Å². The molecule has 0 heterocycles. The van der Waals surface area contributed by atoms with Crippen LogP contribution in [-0.4, -0.2) is 27.4 Å². The van der Waals surface area contributed by atoms with Crippen molar-refractivity contribution >= 4 is 15.9 Å². The Balaban J connectivity index is 1.85. The van der Waals surface area contributed by atoms with E-state index in [1.807, 2.05) is 4.72 Å². The summed E-state index contributed by atoms with van der Waals surface area (Å²) in [5.74, 6) is 0.128. The van der Waals surface area contributed by atoms with Crippen molar-refractivity contribution in [2.24, 2.45) is 5.92 Å². The molecule has 0 spiro atoms. The molecule has 1 aromatic rings. The second-order valence-electron chi connectivity index (χ2n) is 4.42. The Hall–Kier alpha value is -1.40. The minimum Gasteiger partial charge on any atom is -0.308 e. The van der Waals surface area contributed by atoms with Crippen molar-refractivity contribution in [3.8, 4) is 0 Å². The first kappa shape index (κ1) is 13.0. The van der Waals surface area contributed by atoms with Crippen LogP contribution in [-0.2, 0) is 14.8 Å². The number of hydrogen-bond acceptors (Lipinski definition) is 4. The fraction of sp³-hybridized carbons (Fsp3) is 0.417. The van der Waals surface area contributed by atoms with Gasteiger partial charge in [0.05, 0.1) is 11.4 Å². The molecule has 0 saturated heterocycles. The number of hydrogen-bond donors (Lipinski definition) is 2. The van der Waals surface area contributed by atoms with Gasteiger partial charge in [-0.25, -0.2) is 13.1 Å². The lowest BCUT2D eigenvalue weighted by Gasteiger charge is -2.07. The lowest BCUT2D eigenvalue weighted by molar-refractivity contribution is -0.118. The van der Waals surface area contributed by atoms with E-state index >= 15 is 0 Å². The summed E-state index contributed by atoms with van der Waals surface area (Å²) < 4.78 is 25.6. The second-order valence-corrected chi connectivity index (χ2v) is 6.10. The smallest absolute Gasteiger partial charge is 0.264 e. The zero-order valence-electron chi connectivity index (χ0n) is 9.93. The molecule has 0 unspecified atom stereocenters. The molecule has 2 rings (SSSR count). The van der Waals surface area contributed by atoms with Crippen molar-refractivity contribution in [3.63, 3.8) is 0 Å². The van der Waals surface area contributed by atoms with Gasteiger partial charge < -0.3 is 5.32 Å². The van der Waals surface area contributed by atoms with Crippen LogP contribution in [0.3, 0.4) is 0 Å². The maximum atomic E-state index is 11.8. The molecule has 1 aromatic carbocycles. The van der Waals surface area contributed by atoms with Crippen LogP contribution < -0.4 is 10.0 Å². The van der Waals surface area contributed by atoms with E-state index in [4.69, 9.17) is 0 Å². The summed E-state index contributed by atoms with van der Waals surface area (Å²) in [6, 6.07) is 7.85. The zero-order valence-corrected chi connectivity index (χ0v) is 10.7. The Morgan fingerprint density at radius 3 is 2.50 bits per heavy atom. The minimum atomic E-state index is -3.73. The van der Waals surface area contributed by atoms with Crippen LogP contribution in [0.1, 0.15) is 12.8 Å². The van der Waals surface area contributed by atoms with E-state index < -0.39 is 15.9 Å². The number of carbonyl (C=O) groups excluding carboxylic acids is 1. The molecule has 18 heavy (non-hydrogen) atoms. The van der Waals surface area contributed by atoms with Gasteiger partial charge in [0.25, 0.3) is 10.0 Å². The molecule has 98 valence electrons. The topological polar surface area (TPSA) is 75.3 Å². The largest absolute Gasteiger partial charge is 0.308 e. The molecule has 0 bridgehead atoms. The third-order valence-electron chi connectivity index (χ3n) is 2.72. The first-order valence-electron chi connectivity index (χ1n) is 5.89. The average Bonchev–Trinajstić information content (AvgIpc) is 3.13. The van der Waals surface area contributed by atoms with Gasteiger partial charge in [-0.15, -0.1) is 0 Å². The molecular formula is C12H16N2O3S. The Bertz CT molecular complexity index is 509. The Morgan fingerprint density at radius 2 is 1.89 bits per heavy atom. The standard InChI is InChI=1S/C12H16N2O3S/c15-12(9-13-8-10-6-7-10)14-18(16,17)11-4-2-1-3-5-11/h1-5,10,13H,6-9H2,(H,14,15). The maximum Gasteiger partial charge on any atom is 0.264 e. The normalized spacial score (nSPS) is 15.3. The van der Waals surface area contributed by atoms with Crippen LogP contribution in [0.2, 0.25) is 0 Å². The van der Waals surface area contributed by atoms with Crippen molar-refractivity contribution in [1.82, 2.24) is 10.0 Å². The van der Waals surface area contributed by atoms with E-state index in [1.165, 1.54) is 25.0 Å². The molecule has 1 saturated carbocycles. The molecule has 1 amide bonds. The van der Waals surface area contributed by atoms with Crippen molar-refractivity contribution in [2.75, 3.05) is 13.1 Å². The van der Waals surface area contributed by atoms with Gasteiger partial charge in [0.2, 0.25) is 5.91 Å². The van der Waals surface area contributed by atoms with Gasteiger partial charge >= 0.3 is 0 Å². The molecule has 1 fully saturated rings. The van der Waals surface area contributed by atoms with Crippen molar-refractivity contribution in [1.29, 1.82) is 0 Å². The molecular weight excluding hydrogens is 252 g/mol. The SMILES string of the molecule is O=C(CNCC1CC1)NS(=O)(=O)c1ccccc1. The van der Waals surface area contributed by atoms with Gasteiger partial charge in [-0.2, -0.15) is 0 Å². The molecule has 2 N–H and O–H groups in total. The monoisotopic (exact) mass is 268 g/mol. The third kappa shape index (κ3) is 3.82. The highest BCUT2D eigenvalue weighted by molar-refractivity contribution is 7.90. The predicted octanol–water partition coefficient (Wildman–Crippen LogP) is 0.491. The van der Waals surface area contributed by atoms with Crippen LogP contribution in [0.15, 0.2) is 35.2 Å². The average molecular weight is 268 g/mol. The van der Waals surface area contributed by atoms with Gasteiger partial charge in [-0.1, -0.05) is 18.2 Å². The fourth-order valence-electron chi connectivity index (χ4n) is 1.56. The number of amides is 1. The van der Waals surface area contributed by atoms with Gasteiger partial charge in [0.1, 0.15) is 0 Å². The molecule has 0 aliphatic heterocycles. The minimum absolute atomic E-state index is 0.0303. The van der Waals surface area contributed by atoms with E-state index in [2.05, 4.69) is 5.32 Å². The Morgan fingerprint density at radius 1 is 1.22 bits per heavy atom.